The number of carbonyl (C=O) groups is 2. The molecule has 1 atom stereocenters. The van der Waals surface area contributed by atoms with Crippen LogP contribution < -0.4 is 10.6 Å². The number of rotatable bonds is 8. The summed E-state index contributed by atoms with van der Waals surface area (Å²) in [6, 6.07) is 3.00. The van der Waals surface area contributed by atoms with Gasteiger partial charge in [-0.15, -0.1) is 0 Å². The molecule has 0 heterocycles. The van der Waals surface area contributed by atoms with E-state index < -0.39 is 22.8 Å². The number of aliphatic carboxylic acids is 1. The Morgan fingerprint density at radius 3 is 2.70 bits per heavy atom. The van der Waals surface area contributed by atoms with Crippen LogP contribution in [0.15, 0.2) is 18.2 Å². The van der Waals surface area contributed by atoms with E-state index in [0.29, 0.717) is 5.69 Å². The number of carbonyl (C=O) groups excluding carboxylic acids is 1. The van der Waals surface area contributed by atoms with Crippen molar-refractivity contribution in [2.45, 2.75) is 24.9 Å². The van der Waals surface area contributed by atoms with Crippen molar-refractivity contribution >= 4 is 23.3 Å². The van der Waals surface area contributed by atoms with Gasteiger partial charge in [0.15, 0.2) is 6.04 Å². The summed E-state index contributed by atoms with van der Waals surface area (Å²) in [5.41, 5.74) is 0.143. The van der Waals surface area contributed by atoms with Gasteiger partial charge in [0, 0.05) is 24.8 Å². The average Bonchev–Trinajstić information content (AvgIpc) is 3.30. The maximum Gasteiger partial charge on any atom is 0.328 e. The lowest BCUT2D eigenvalue weighted by Gasteiger charge is -2.14. The summed E-state index contributed by atoms with van der Waals surface area (Å²) in [4.78, 5) is 33.7. The zero-order valence-corrected chi connectivity index (χ0v) is 12.4. The SMILES string of the molecule is COCC(NC(=O)c1ccc(NC2CC2)c([N+](=O)[O-])c1)C(=O)O. The summed E-state index contributed by atoms with van der Waals surface area (Å²) < 4.78 is 4.72. The maximum atomic E-state index is 12.1. The highest BCUT2D eigenvalue weighted by Crippen LogP contribution is 2.31. The van der Waals surface area contributed by atoms with E-state index in [1.807, 2.05) is 0 Å². The normalized spacial score (nSPS) is 14.8. The molecule has 0 radical (unpaired) electrons. The van der Waals surface area contributed by atoms with Crippen molar-refractivity contribution in [1.29, 1.82) is 0 Å². The molecule has 1 aliphatic rings. The Kier molecular flexibility index (Phi) is 5.12. The average molecular weight is 323 g/mol. The van der Waals surface area contributed by atoms with Crippen molar-refractivity contribution < 1.29 is 24.4 Å². The highest BCUT2D eigenvalue weighted by Gasteiger charge is 2.26. The molecular weight excluding hydrogens is 306 g/mol. The number of nitrogens with one attached hydrogen (secondary N) is 2. The van der Waals surface area contributed by atoms with Crippen LogP contribution in [-0.4, -0.2) is 47.7 Å². The molecule has 1 aromatic rings. The van der Waals surface area contributed by atoms with Crippen LogP contribution in [0.3, 0.4) is 0 Å². The highest BCUT2D eigenvalue weighted by molar-refractivity contribution is 5.97. The maximum absolute atomic E-state index is 12.1. The zero-order valence-electron chi connectivity index (χ0n) is 12.4. The van der Waals surface area contributed by atoms with Crippen LogP contribution in [0.4, 0.5) is 11.4 Å². The summed E-state index contributed by atoms with van der Waals surface area (Å²) in [6.07, 6.45) is 1.91. The lowest BCUT2D eigenvalue weighted by Crippen LogP contribution is -2.43. The monoisotopic (exact) mass is 323 g/mol. The fourth-order valence-corrected chi connectivity index (χ4v) is 1.98. The lowest BCUT2D eigenvalue weighted by molar-refractivity contribution is -0.384. The zero-order chi connectivity index (χ0) is 17.0. The van der Waals surface area contributed by atoms with E-state index in [2.05, 4.69) is 10.6 Å². The number of nitro groups is 1. The molecule has 0 spiro atoms. The van der Waals surface area contributed by atoms with Gasteiger partial charge in [0.2, 0.25) is 0 Å². The number of nitrogens with zero attached hydrogens (tertiary/aromatic N) is 1. The third kappa shape index (κ3) is 4.39. The molecule has 3 N–H and O–H groups in total. The standard InChI is InChI=1S/C14H17N3O6/c1-23-7-11(14(19)20)16-13(18)8-2-5-10(15-9-3-4-9)12(6-8)17(21)22/h2,5-6,9,11,15H,3-4,7H2,1H3,(H,16,18)(H,19,20). The number of hydrogen-bond donors (Lipinski definition) is 3. The minimum atomic E-state index is -1.25. The first-order chi connectivity index (χ1) is 10.9. The van der Waals surface area contributed by atoms with Gasteiger partial charge >= 0.3 is 5.97 Å². The molecule has 1 aliphatic carbocycles. The highest BCUT2D eigenvalue weighted by atomic mass is 16.6. The van der Waals surface area contributed by atoms with Crippen LogP contribution in [0, 0.1) is 10.1 Å². The van der Waals surface area contributed by atoms with Gasteiger partial charge in [0.25, 0.3) is 11.6 Å². The Morgan fingerprint density at radius 2 is 2.17 bits per heavy atom. The second-order valence-corrected chi connectivity index (χ2v) is 5.23. The lowest BCUT2D eigenvalue weighted by atomic mass is 10.1. The van der Waals surface area contributed by atoms with Crippen LogP contribution >= 0.6 is 0 Å². The van der Waals surface area contributed by atoms with Gasteiger partial charge in [0.05, 0.1) is 11.5 Å². The molecule has 23 heavy (non-hydrogen) atoms. The predicted molar refractivity (Wildman–Crippen MR) is 80.5 cm³/mol. The first kappa shape index (κ1) is 16.7. The van der Waals surface area contributed by atoms with Gasteiger partial charge < -0.3 is 20.5 Å². The molecule has 0 saturated heterocycles. The molecule has 1 fully saturated rings. The van der Waals surface area contributed by atoms with E-state index >= 15 is 0 Å². The number of anilines is 1. The minimum Gasteiger partial charge on any atom is -0.480 e. The van der Waals surface area contributed by atoms with Gasteiger partial charge in [-0.05, 0) is 25.0 Å². The molecule has 9 nitrogen and oxygen atoms in total. The number of carboxylic acid groups (broad SMARTS) is 1. The van der Waals surface area contributed by atoms with Crippen LogP contribution in [-0.2, 0) is 9.53 Å². The van der Waals surface area contributed by atoms with Gasteiger partial charge in [-0.3, -0.25) is 14.9 Å². The number of ether oxygens (including phenoxy) is 1. The predicted octanol–water partition coefficient (Wildman–Crippen LogP) is 0.998. The molecule has 1 saturated carbocycles. The van der Waals surface area contributed by atoms with E-state index in [1.165, 1.54) is 19.2 Å². The molecular formula is C14H17N3O6. The number of carboxylic acids is 1. The molecule has 9 heteroatoms. The first-order valence-corrected chi connectivity index (χ1v) is 7.00. The summed E-state index contributed by atoms with van der Waals surface area (Å²) in [5.74, 6) is -1.96. The van der Waals surface area contributed by atoms with Crippen LogP contribution in [0.5, 0.6) is 0 Å². The van der Waals surface area contributed by atoms with Crippen molar-refractivity contribution in [3.8, 4) is 0 Å². The molecule has 2 rings (SSSR count). The molecule has 1 amide bonds. The van der Waals surface area contributed by atoms with Crippen molar-refractivity contribution in [3.63, 3.8) is 0 Å². The number of benzene rings is 1. The van der Waals surface area contributed by atoms with Crippen LogP contribution in [0.1, 0.15) is 23.2 Å². The van der Waals surface area contributed by atoms with E-state index in [9.17, 15) is 19.7 Å². The van der Waals surface area contributed by atoms with Crippen molar-refractivity contribution in [3.05, 3.63) is 33.9 Å². The van der Waals surface area contributed by atoms with Crippen molar-refractivity contribution in [1.82, 2.24) is 5.32 Å². The second kappa shape index (κ2) is 7.05. The third-order valence-electron chi connectivity index (χ3n) is 3.33. The quantitative estimate of drug-likeness (QED) is 0.480. The molecule has 1 unspecified atom stereocenters. The Bertz CT molecular complexity index is 629. The van der Waals surface area contributed by atoms with Crippen molar-refractivity contribution in [2.75, 3.05) is 19.0 Å². The summed E-state index contributed by atoms with van der Waals surface area (Å²) in [5, 5.41) is 25.4. The number of hydrogen-bond acceptors (Lipinski definition) is 6. The third-order valence-corrected chi connectivity index (χ3v) is 3.33. The fraction of sp³-hybridized carbons (Fsp3) is 0.429. The van der Waals surface area contributed by atoms with E-state index in [1.54, 1.807) is 0 Å². The smallest absolute Gasteiger partial charge is 0.328 e. The van der Waals surface area contributed by atoms with Gasteiger partial charge in [-0.2, -0.15) is 0 Å². The van der Waals surface area contributed by atoms with Gasteiger partial charge in [-0.1, -0.05) is 0 Å². The molecule has 124 valence electrons. The van der Waals surface area contributed by atoms with E-state index in [0.717, 1.165) is 18.9 Å². The fourth-order valence-electron chi connectivity index (χ4n) is 1.98. The summed E-state index contributed by atoms with van der Waals surface area (Å²) in [7, 11) is 1.31. The summed E-state index contributed by atoms with van der Waals surface area (Å²) in [6.45, 7) is -0.204. The Hall–Kier alpha value is -2.68. The van der Waals surface area contributed by atoms with Gasteiger partial charge in [-0.25, -0.2) is 4.79 Å². The number of nitro benzene ring substituents is 1. The largest absolute Gasteiger partial charge is 0.480 e. The minimum absolute atomic E-state index is 0.0143. The summed E-state index contributed by atoms with van der Waals surface area (Å²) >= 11 is 0. The van der Waals surface area contributed by atoms with Crippen LogP contribution in [0.25, 0.3) is 0 Å². The van der Waals surface area contributed by atoms with Gasteiger partial charge in [0.1, 0.15) is 5.69 Å². The Balaban J connectivity index is 2.17. The van der Waals surface area contributed by atoms with Crippen LogP contribution in [0.2, 0.25) is 0 Å². The Morgan fingerprint density at radius 1 is 1.48 bits per heavy atom. The van der Waals surface area contributed by atoms with E-state index in [4.69, 9.17) is 9.84 Å². The molecule has 1 aromatic carbocycles. The molecule has 0 aliphatic heterocycles. The van der Waals surface area contributed by atoms with Crippen molar-refractivity contribution in [2.24, 2.45) is 0 Å². The molecule has 0 bridgehead atoms. The van der Waals surface area contributed by atoms with E-state index in [-0.39, 0.29) is 23.9 Å². The first-order valence-electron chi connectivity index (χ1n) is 7.00. The second-order valence-electron chi connectivity index (χ2n) is 5.23. The number of amides is 1. The topological polar surface area (TPSA) is 131 Å². The number of methoxy groups -OCH3 is 1. The Labute approximate surface area is 131 Å². The molecule has 0 aromatic heterocycles.